The second-order valence-corrected chi connectivity index (χ2v) is 4.64. The molecule has 0 spiro atoms. The lowest BCUT2D eigenvalue weighted by atomic mass is 10.1. The van der Waals surface area contributed by atoms with Gasteiger partial charge in [0.1, 0.15) is 5.75 Å². The first kappa shape index (κ1) is 15.3. The monoisotopic (exact) mass is 301 g/mol. The van der Waals surface area contributed by atoms with E-state index in [-0.39, 0.29) is 23.9 Å². The van der Waals surface area contributed by atoms with Crippen molar-refractivity contribution in [1.29, 1.82) is 0 Å². The number of hydrogen-bond acceptors (Lipinski definition) is 5. The summed E-state index contributed by atoms with van der Waals surface area (Å²) in [5.74, 6) is 0.225. The molecule has 1 atom stereocenters. The van der Waals surface area contributed by atoms with E-state index in [1.807, 2.05) is 0 Å². The van der Waals surface area contributed by atoms with Crippen molar-refractivity contribution in [3.8, 4) is 5.75 Å². The second kappa shape index (κ2) is 6.13. The van der Waals surface area contributed by atoms with Crippen LogP contribution in [0.5, 0.6) is 5.75 Å². The summed E-state index contributed by atoms with van der Waals surface area (Å²) < 4.78 is 41.2. The topological polar surface area (TPSA) is 85.2 Å². The van der Waals surface area contributed by atoms with Crippen LogP contribution in [0.25, 0.3) is 0 Å². The maximum absolute atomic E-state index is 12.1. The molecule has 0 amide bonds. The van der Waals surface area contributed by atoms with Crippen LogP contribution in [0.15, 0.2) is 28.8 Å². The Kier molecular flexibility index (Phi) is 4.46. The molecule has 1 aromatic heterocycles. The predicted octanol–water partition coefficient (Wildman–Crippen LogP) is 2.51. The summed E-state index contributed by atoms with van der Waals surface area (Å²) in [4.78, 5) is 3.87. The fraction of sp³-hybridized carbons (Fsp3) is 0.385. The molecule has 3 N–H and O–H groups in total. The van der Waals surface area contributed by atoms with Crippen LogP contribution in [-0.2, 0) is 12.8 Å². The maximum Gasteiger partial charge on any atom is 0.389 e. The molecule has 0 aliphatic heterocycles. The zero-order chi connectivity index (χ0) is 15.5. The molecule has 0 aliphatic carbocycles. The van der Waals surface area contributed by atoms with Gasteiger partial charge >= 0.3 is 6.18 Å². The Balaban J connectivity index is 1.95. The highest BCUT2D eigenvalue weighted by atomic mass is 19.4. The van der Waals surface area contributed by atoms with Crippen LogP contribution >= 0.6 is 0 Å². The summed E-state index contributed by atoms with van der Waals surface area (Å²) in [6, 6.07) is 5.81. The molecule has 0 aliphatic rings. The molecule has 1 aromatic carbocycles. The van der Waals surface area contributed by atoms with Crippen LogP contribution in [0.1, 0.15) is 29.7 Å². The minimum atomic E-state index is -4.26. The van der Waals surface area contributed by atoms with E-state index >= 15 is 0 Å². The van der Waals surface area contributed by atoms with E-state index < -0.39 is 18.6 Å². The number of nitrogens with two attached hydrogens (primary N) is 1. The maximum atomic E-state index is 12.1. The number of phenolic OH excluding ortho intramolecular Hbond substituents is 1. The van der Waals surface area contributed by atoms with Crippen molar-refractivity contribution in [2.45, 2.75) is 31.5 Å². The number of nitrogens with zero attached hydrogens (tertiary/aromatic N) is 2. The molecule has 1 unspecified atom stereocenters. The second-order valence-electron chi connectivity index (χ2n) is 4.64. The van der Waals surface area contributed by atoms with Gasteiger partial charge < -0.3 is 15.4 Å². The molecule has 0 saturated carbocycles. The summed E-state index contributed by atoms with van der Waals surface area (Å²) >= 11 is 0. The van der Waals surface area contributed by atoms with Crippen molar-refractivity contribution in [1.82, 2.24) is 10.1 Å². The number of hydrogen-bond donors (Lipinski definition) is 2. The highest BCUT2D eigenvalue weighted by molar-refractivity contribution is 5.26. The third-order valence-corrected chi connectivity index (χ3v) is 2.83. The zero-order valence-corrected chi connectivity index (χ0v) is 11.0. The largest absolute Gasteiger partial charge is 0.508 e. The third-order valence-electron chi connectivity index (χ3n) is 2.83. The first-order valence-corrected chi connectivity index (χ1v) is 6.26. The molecular formula is C13H14F3N3O2. The SMILES string of the molecule is NC(Cc1ccc(O)cc1)c1nc(CCC(F)(F)F)no1. The van der Waals surface area contributed by atoms with Gasteiger partial charge in [0.05, 0.1) is 12.5 Å². The summed E-state index contributed by atoms with van der Waals surface area (Å²) in [5, 5.41) is 12.7. The first-order chi connectivity index (χ1) is 9.83. The summed E-state index contributed by atoms with van der Waals surface area (Å²) in [6.07, 6.45) is -5.21. The molecule has 1 heterocycles. The lowest BCUT2D eigenvalue weighted by molar-refractivity contribution is -0.134. The van der Waals surface area contributed by atoms with Crippen LogP contribution in [0, 0.1) is 0 Å². The first-order valence-electron chi connectivity index (χ1n) is 6.26. The fourth-order valence-electron chi connectivity index (χ4n) is 1.75. The van der Waals surface area contributed by atoms with Crippen LogP contribution in [-0.4, -0.2) is 21.4 Å². The highest BCUT2D eigenvalue weighted by Gasteiger charge is 2.28. The molecule has 0 saturated heterocycles. The van der Waals surface area contributed by atoms with Crippen molar-refractivity contribution in [2.75, 3.05) is 0 Å². The lowest BCUT2D eigenvalue weighted by Crippen LogP contribution is -2.14. The number of aromatic nitrogens is 2. The molecule has 0 fully saturated rings. The van der Waals surface area contributed by atoms with Crippen LogP contribution in [0.3, 0.4) is 0 Å². The van der Waals surface area contributed by atoms with E-state index in [9.17, 15) is 18.3 Å². The Morgan fingerprint density at radius 1 is 1.24 bits per heavy atom. The zero-order valence-electron chi connectivity index (χ0n) is 11.0. The van der Waals surface area contributed by atoms with Gasteiger partial charge in [0.15, 0.2) is 5.82 Å². The molecule has 2 rings (SSSR count). The molecule has 21 heavy (non-hydrogen) atoms. The van der Waals surface area contributed by atoms with Gasteiger partial charge in [-0.3, -0.25) is 0 Å². The van der Waals surface area contributed by atoms with E-state index in [2.05, 4.69) is 10.1 Å². The summed E-state index contributed by atoms with van der Waals surface area (Å²) in [7, 11) is 0. The number of halogens is 3. The quantitative estimate of drug-likeness (QED) is 0.886. The van der Waals surface area contributed by atoms with Crippen molar-refractivity contribution in [3.63, 3.8) is 0 Å². The minimum Gasteiger partial charge on any atom is -0.508 e. The molecular weight excluding hydrogens is 287 g/mol. The van der Waals surface area contributed by atoms with Gasteiger partial charge in [0, 0.05) is 6.42 Å². The fourth-order valence-corrected chi connectivity index (χ4v) is 1.75. The van der Waals surface area contributed by atoms with Crippen molar-refractivity contribution in [3.05, 3.63) is 41.5 Å². The van der Waals surface area contributed by atoms with Gasteiger partial charge in [0.2, 0.25) is 5.89 Å². The average Bonchev–Trinajstić information content (AvgIpc) is 2.87. The molecule has 0 bridgehead atoms. The highest BCUT2D eigenvalue weighted by Crippen LogP contribution is 2.22. The van der Waals surface area contributed by atoms with E-state index in [0.29, 0.717) is 6.42 Å². The molecule has 0 radical (unpaired) electrons. The number of benzene rings is 1. The van der Waals surface area contributed by atoms with Gasteiger partial charge in [-0.25, -0.2) is 0 Å². The van der Waals surface area contributed by atoms with E-state index in [1.54, 1.807) is 12.1 Å². The predicted molar refractivity (Wildman–Crippen MR) is 67.4 cm³/mol. The Morgan fingerprint density at radius 2 is 1.90 bits per heavy atom. The molecule has 5 nitrogen and oxygen atoms in total. The van der Waals surface area contributed by atoms with Crippen molar-refractivity contribution < 1.29 is 22.8 Å². The van der Waals surface area contributed by atoms with Gasteiger partial charge in [-0.2, -0.15) is 18.2 Å². The standard InChI is InChI=1S/C13H14F3N3O2/c14-13(15,16)6-5-11-18-12(21-19-11)10(17)7-8-1-3-9(20)4-2-8/h1-4,10,20H,5-7,17H2. The van der Waals surface area contributed by atoms with Crippen LogP contribution in [0.4, 0.5) is 13.2 Å². The number of aryl methyl sites for hydroxylation is 1. The van der Waals surface area contributed by atoms with E-state index in [4.69, 9.17) is 10.3 Å². The smallest absolute Gasteiger partial charge is 0.389 e. The summed E-state index contributed by atoms with van der Waals surface area (Å²) in [5.41, 5.74) is 6.72. The molecule has 8 heteroatoms. The Morgan fingerprint density at radius 3 is 2.52 bits per heavy atom. The lowest BCUT2D eigenvalue weighted by Gasteiger charge is -2.06. The number of phenols is 1. The van der Waals surface area contributed by atoms with Gasteiger partial charge in [-0.15, -0.1) is 0 Å². The number of alkyl halides is 3. The number of rotatable bonds is 5. The van der Waals surface area contributed by atoms with Crippen LogP contribution in [0.2, 0.25) is 0 Å². The van der Waals surface area contributed by atoms with Crippen molar-refractivity contribution >= 4 is 0 Å². The van der Waals surface area contributed by atoms with Gasteiger partial charge in [0.25, 0.3) is 0 Å². The summed E-state index contributed by atoms with van der Waals surface area (Å²) in [6.45, 7) is 0. The Labute approximate surface area is 118 Å². The van der Waals surface area contributed by atoms with E-state index in [0.717, 1.165) is 5.56 Å². The third kappa shape index (κ3) is 4.75. The van der Waals surface area contributed by atoms with Crippen LogP contribution < -0.4 is 5.73 Å². The molecule has 114 valence electrons. The van der Waals surface area contributed by atoms with Gasteiger partial charge in [-0.05, 0) is 24.1 Å². The Bertz CT molecular complexity index is 581. The Hall–Kier alpha value is -2.09. The van der Waals surface area contributed by atoms with Crippen molar-refractivity contribution in [2.24, 2.45) is 5.73 Å². The number of aromatic hydroxyl groups is 1. The van der Waals surface area contributed by atoms with Gasteiger partial charge in [-0.1, -0.05) is 17.3 Å². The normalized spacial score (nSPS) is 13.3. The average molecular weight is 301 g/mol. The van der Waals surface area contributed by atoms with E-state index in [1.165, 1.54) is 12.1 Å². The molecule has 2 aromatic rings. The minimum absolute atomic E-state index is 0.0107.